The van der Waals surface area contributed by atoms with Crippen LogP contribution in [0.25, 0.3) is 0 Å². The highest BCUT2D eigenvalue weighted by atomic mass is 19.1. The topological polar surface area (TPSA) is 128 Å². The summed E-state index contributed by atoms with van der Waals surface area (Å²) in [5.41, 5.74) is -0.534. The lowest BCUT2D eigenvalue weighted by atomic mass is 9.94. The number of anilines is 2. The van der Waals surface area contributed by atoms with Crippen molar-refractivity contribution in [2.75, 3.05) is 49.2 Å². The molecule has 1 N–H and O–H groups in total. The van der Waals surface area contributed by atoms with Crippen molar-refractivity contribution in [3.05, 3.63) is 53.7 Å². The molecule has 0 spiro atoms. The lowest BCUT2D eigenvalue weighted by molar-refractivity contribution is 0.0504. The molecule has 6 rings (SSSR count). The van der Waals surface area contributed by atoms with Crippen molar-refractivity contribution in [3.63, 3.8) is 0 Å². The number of nitrogens with zero attached hydrogens (tertiary/aromatic N) is 6. The summed E-state index contributed by atoms with van der Waals surface area (Å²) in [6, 6.07) is 2.78. The van der Waals surface area contributed by atoms with Crippen molar-refractivity contribution in [3.8, 4) is 5.75 Å². The van der Waals surface area contributed by atoms with Gasteiger partial charge in [-0.3, -0.25) is 0 Å². The summed E-state index contributed by atoms with van der Waals surface area (Å²) in [7, 11) is 0. The van der Waals surface area contributed by atoms with Gasteiger partial charge in [-0.2, -0.15) is 4.98 Å². The van der Waals surface area contributed by atoms with Gasteiger partial charge in [0.15, 0.2) is 5.75 Å². The van der Waals surface area contributed by atoms with Crippen molar-refractivity contribution in [2.45, 2.75) is 70.1 Å². The molecule has 5 heterocycles. The normalized spacial score (nSPS) is 22.6. The van der Waals surface area contributed by atoms with Crippen molar-refractivity contribution in [1.29, 1.82) is 0 Å². The maximum Gasteiger partial charge on any atom is 0.407 e. The van der Waals surface area contributed by atoms with Crippen molar-refractivity contribution >= 4 is 18.0 Å². The highest BCUT2D eigenvalue weighted by Gasteiger charge is 2.38. The number of piperidine rings is 1. The lowest BCUT2D eigenvalue weighted by Gasteiger charge is -2.30. The minimum absolute atomic E-state index is 0.0931. The first-order valence-corrected chi connectivity index (χ1v) is 15.5. The highest BCUT2D eigenvalue weighted by Crippen LogP contribution is 2.33. The van der Waals surface area contributed by atoms with Crippen LogP contribution >= 0.6 is 0 Å². The van der Waals surface area contributed by atoms with Crippen LogP contribution in [-0.4, -0.2) is 77.2 Å². The first-order valence-electron chi connectivity index (χ1n) is 15.5. The Balaban J connectivity index is 1.03. The Morgan fingerprint density at radius 3 is 2.56 bits per heavy atom. The molecule has 3 saturated heterocycles. The molecule has 3 atom stereocenters. The predicted octanol–water partition coefficient (Wildman–Crippen LogP) is 4.78. The Labute approximate surface area is 260 Å². The number of aromatic nitrogens is 4. The molecule has 45 heavy (non-hydrogen) atoms. The number of carbonyl (C=O) groups is 1. The van der Waals surface area contributed by atoms with E-state index in [9.17, 15) is 13.6 Å². The number of benzene rings is 1. The number of nitrogens with one attached hydrogen (secondary N) is 1. The molecule has 14 heteroatoms. The lowest BCUT2D eigenvalue weighted by Crippen LogP contribution is -2.43. The SMILES string of the molecule is CC(C)(C)OC(=O)N[C@H]1CN(c2ncc(OCC3CCN(c4noc([C@@H]5CCCO5)n4)CC3)cn2)C[C@@H]1c1cc(F)ccc1F. The van der Waals surface area contributed by atoms with E-state index in [1.165, 1.54) is 6.07 Å². The van der Waals surface area contributed by atoms with E-state index in [1.54, 1.807) is 33.2 Å². The zero-order valence-corrected chi connectivity index (χ0v) is 25.7. The van der Waals surface area contributed by atoms with E-state index in [0.717, 1.165) is 57.5 Å². The summed E-state index contributed by atoms with van der Waals surface area (Å²) in [5.74, 6) is 0.801. The maximum absolute atomic E-state index is 14.8. The summed E-state index contributed by atoms with van der Waals surface area (Å²) >= 11 is 0. The molecule has 2 aromatic heterocycles. The molecule has 0 bridgehead atoms. The third-order valence-corrected chi connectivity index (χ3v) is 8.30. The van der Waals surface area contributed by atoms with Crippen LogP contribution in [0.2, 0.25) is 0 Å². The zero-order valence-electron chi connectivity index (χ0n) is 25.7. The number of ether oxygens (including phenoxy) is 3. The van der Waals surface area contributed by atoms with Gasteiger partial charge in [0.2, 0.25) is 5.95 Å². The smallest absolute Gasteiger partial charge is 0.407 e. The van der Waals surface area contributed by atoms with Crippen LogP contribution < -0.4 is 19.9 Å². The minimum Gasteiger partial charge on any atom is -0.490 e. The summed E-state index contributed by atoms with van der Waals surface area (Å²) in [6.45, 7) is 8.69. The largest absolute Gasteiger partial charge is 0.490 e. The fourth-order valence-corrected chi connectivity index (χ4v) is 6.01. The van der Waals surface area contributed by atoms with E-state index in [2.05, 4.69) is 30.3 Å². The van der Waals surface area contributed by atoms with Crippen molar-refractivity contribution < 1.29 is 32.3 Å². The Morgan fingerprint density at radius 2 is 1.84 bits per heavy atom. The van der Waals surface area contributed by atoms with Gasteiger partial charge in [0, 0.05) is 38.7 Å². The number of halogens is 2. The summed E-state index contributed by atoms with van der Waals surface area (Å²) in [6.07, 6.45) is 6.24. The number of carbonyl (C=O) groups excluding carboxylic acids is 1. The average molecular weight is 628 g/mol. The fraction of sp³-hybridized carbons (Fsp3) is 0.581. The van der Waals surface area contributed by atoms with Gasteiger partial charge >= 0.3 is 6.09 Å². The maximum atomic E-state index is 14.8. The molecule has 0 unspecified atom stereocenters. The quantitative estimate of drug-likeness (QED) is 0.371. The van der Waals surface area contributed by atoms with Gasteiger partial charge in [0.05, 0.1) is 25.0 Å². The average Bonchev–Trinajstić information content (AvgIpc) is 3.79. The first-order chi connectivity index (χ1) is 21.6. The second-order valence-electron chi connectivity index (χ2n) is 12.8. The van der Waals surface area contributed by atoms with Crippen LogP contribution in [0.1, 0.15) is 69.9 Å². The van der Waals surface area contributed by atoms with E-state index in [0.29, 0.717) is 36.1 Å². The molecule has 0 radical (unpaired) electrons. The fourth-order valence-electron chi connectivity index (χ4n) is 6.01. The molecule has 3 fully saturated rings. The number of hydrogen-bond acceptors (Lipinski definition) is 11. The van der Waals surface area contributed by atoms with E-state index >= 15 is 0 Å². The Morgan fingerprint density at radius 1 is 1.07 bits per heavy atom. The van der Waals surface area contributed by atoms with Crippen LogP contribution in [0.3, 0.4) is 0 Å². The predicted molar refractivity (Wildman–Crippen MR) is 159 cm³/mol. The third-order valence-electron chi connectivity index (χ3n) is 8.30. The van der Waals surface area contributed by atoms with E-state index in [-0.39, 0.29) is 24.8 Å². The Hall–Kier alpha value is -4.07. The molecular formula is C31H39F2N7O5. The van der Waals surface area contributed by atoms with Crippen molar-refractivity contribution in [2.24, 2.45) is 5.92 Å². The molecule has 3 aliphatic rings. The second kappa shape index (κ2) is 13.1. The van der Waals surface area contributed by atoms with Gasteiger partial charge in [-0.1, -0.05) is 0 Å². The molecule has 0 aliphatic carbocycles. The van der Waals surface area contributed by atoms with Gasteiger partial charge < -0.3 is 33.9 Å². The molecule has 242 valence electrons. The highest BCUT2D eigenvalue weighted by molar-refractivity contribution is 5.68. The standard InChI is InChI=1S/C31H39F2N7O5/c1-31(2,3)44-30(41)36-25-17-40(16-23(25)22-13-20(32)6-7-24(22)33)28-34-14-21(15-35-28)43-18-19-8-10-39(11-9-19)29-37-27(45-38-29)26-5-4-12-42-26/h6-7,13-15,19,23,25-26H,4-5,8-12,16-18H2,1-3H3,(H,36,41)/t23-,25+,26+/m1/s1. The van der Waals surface area contributed by atoms with Crippen LogP contribution in [-0.2, 0) is 9.47 Å². The first kappa shape index (κ1) is 30.9. The zero-order chi connectivity index (χ0) is 31.6. The minimum atomic E-state index is -0.708. The summed E-state index contributed by atoms with van der Waals surface area (Å²) in [4.78, 5) is 30.1. The molecule has 3 aromatic rings. The van der Waals surface area contributed by atoms with Crippen molar-refractivity contribution in [1.82, 2.24) is 25.4 Å². The number of rotatable bonds is 8. The number of amides is 1. The van der Waals surface area contributed by atoms with E-state index in [1.807, 2.05) is 4.90 Å². The molecular weight excluding hydrogens is 588 g/mol. The van der Waals surface area contributed by atoms with Gasteiger partial charge in [-0.05, 0) is 81.3 Å². The van der Waals surface area contributed by atoms with Gasteiger partial charge in [0.1, 0.15) is 23.3 Å². The van der Waals surface area contributed by atoms with Crippen LogP contribution in [0.4, 0.5) is 25.5 Å². The van der Waals surface area contributed by atoms with Crippen LogP contribution in [0.15, 0.2) is 35.1 Å². The van der Waals surface area contributed by atoms with E-state index in [4.69, 9.17) is 18.7 Å². The third kappa shape index (κ3) is 7.60. The molecule has 3 aliphatic heterocycles. The second-order valence-corrected chi connectivity index (χ2v) is 12.8. The molecule has 12 nitrogen and oxygen atoms in total. The monoisotopic (exact) mass is 627 g/mol. The van der Waals surface area contributed by atoms with Crippen LogP contribution in [0.5, 0.6) is 5.75 Å². The van der Waals surface area contributed by atoms with E-state index < -0.39 is 35.3 Å². The molecule has 1 amide bonds. The number of hydrogen-bond donors (Lipinski definition) is 1. The Kier molecular flexibility index (Phi) is 9.02. The van der Waals surface area contributed by atoms with Crippen LogP contribution in [0, 0.1) is 17.6 Å². The summed E-state index contributed by atoms with van der Waals surface area (Å²) in [5, 5.41) is 6.98. The number of alkyl carbamates (subject to hydrolysis) is 1. The molecule has 1 aromatic carbocycles. The summed E-state index contributed by atoms with van der Waals surface area (Å²) < 4.78 is 51.4. The Bertz CT molecular complexity index is 1450. The van der Waals surface area contributed by atoms with Gasteiger partial charge in [-0.15, -0.1) is 0 Å². The van der Waals surface area contributed by atoms with Gasteiger partial charge in [0.25, 0.3) is 11.8 Å². The van der Waals surface area contributed by atoms with Gasteiger partial charge in [-0.25, -0.2) is 23.5 Å². The molecule has 0 saturated carbocycles.